The van der Waals surface area contributed by atoms with E-state index in [2.05, 4.69) is 0 Å². The molecule has 4 heteroatoms. The van der Waals surface area contributed by atoms with E-state index in [9.17, 15) is 4.79 Å². The molecule has 1 fully saturated rings. The first-order valence-corrected chi connectivity index (χ1v) is 3.77. The minimum Gasteiger partial charge on any atom is -0.366 e. The predicted molar refractivity (Wildman–Crippen MR) is 38.5 cm³/mol. The summed E-state index contributed by atoms with van der Waals surface area (Å²) in [6, 6.07) is 0. The molecule has 0 aromatic heterocycles. The Morgan fingerprint density at radius 1 is 1.73 bits per heavy atom. The van der Waals surface area contributed by atoms with Gasteiger partial charge >= 0.3 is 5.97 Å². The first-order chi connectivity index (χ1) is 5.20. The van der Waals surface area contributed by atoms with Crippen molar-refractivity contribution >= 4 is 5.97 Å². The van der Waals surface area contributed by atoms with Crippen LogP contribution in [-0.4, -0.2) is 30.4 Å². The van der Waals surface area contributed by atoms with Crippen molar-refractivity contribution in [3.63, 3.8) is 0 Å². The molecule has 1 heterocycles. The molecule has 1 aliphatic rings. The average molecular weight is 159 g/mol. The lowest BCUT2D eigenvalue weighted by molar-refractivity contribution is -0.254. The van der Waals surface area contributed by atoms with Crippen molar-refractivity contribution in [1.82, 2.24) is 5.06 Å². The summed E-state index contributed by atoms with van der Waals surface area (Å²) in [5, 5.41) is 1.56. The summed E-state index contributed by atoms with van der Waals surface area (Å²) >= 11 is 0. The largest absolute Gasteiger partial charge is 0.366 e. The van der Waals surface area contributed by atoms with Gasteiger partial charge in [0.2, 0.25) is 0 Å². The summed E-state index contributed by atoms with van der Waals surface area (Å²) in [6.45, 7) is 4.77. The molecule has 0 amide bonds. The number of hydrogen-bond acceptors (Lipinski definition) is 4. The second kappa shape index (κ2) is 3.69. The van der Waals surface area contributed by atoms with Crippen LogP contribution >= 0.6 is 0 Å². The molecule has 0 spiro atoms. The Labute approximate surface area is 66.0 Å². The second-order valence-electron chi connectivity index (χ2n) is 2.55. The minimum atomic E-state index is -0.289. The standard InChI is InChI=1S/C7H13NO3/c1-6-8(11-7(2)9)4-3-5-10-6/h6H,3-5H2,1-2H3/t6-/m0/s1. The van der Waals surface area contributed by atoms with Gasteiger partial charge < -0.3 is 9.57 Å². The van der Waals surface area contributed by atoms with Crippen molar-refractivity contribution in [2.75, 3.05) is 13.2 Å². The molecule has 64 valence electrons. The Hall–Kier alpha value is -0.610. The Balaban J connectivity index is 2.35. The van der Waals surface area contributed by atoms with E-state index in [4.69, 9.17) is 9.57 Å². The van der Waals surface area contributed by atoms with Crippen molar-refractivity contribution in [2.24, 2.45) is 0 Å². The van der Waals surface area contributed by atoms with Crippen LogP contribution in [0.5, 0.6) is 0 Å². The van der Waals surface area contributed by atoms with Gasteiger partial charge in [0.05, 0.1) is 6.61 Å². The first kappa shape index (κ1) is 8.49. The van der Waals surface area contributed by atoms with Gasteiger partial charge in [-0.3, -0.25) is 4.79 Å². The van der Waals surface area contributed by atoms with Gasteiger partial charge in [-0.2, -0.15) is 0 Å². The molecule has 0 unspecified atom stereocenters. The molecule has 0 saturated carbocycles. The van der Waals surface area contributed by atoms with Gasteiger partial charge in [0, 0.05) is 13.5 Å². The SMILES string of the molecule is CC(=O)ON1CCCO[C@H]1C. The van der Waals surface area contributed by atoms with Crippen LogP contribution in [-0.2, 0) is 14.4 Å². The molecule has 1 saturated heterocycles. The quantitative estimate of drug-likeness (QED) is 0.559. The molecule has 0 aliphatic carbocycles. The van der Waals surface area contributed by atoms with Crippen LogP contribution in [0.1, 0.15) is 20.3 Å². The highest BCUT2D eigenvalue weighted by atomic mass is 16.7. The molecule has 0 aromatic carbocycles. The molecule has 1 rings (SSSR count). The lowest BCUT2D eigenvalue weighted by Crippen LogP contribution is -2.41. The number of hydroxylamine groups is 2. The number of hydrogen-bond donors (Lipinski definition) is 0. The number of carbonyl (C=O) groups excluding carboxylic acids is 1. The summed E-state index contributed by atoms with van der Waals surface area (Å²) in [7, 11) is 0. The van der Waals surface area contributed by atoms with Crippen molar-refractivity contribution in [2.45, 2.75) is 26.5 Å². The number of ether oxygens (including phenoxy) is 1. The molecule has 0 bridgehead atoms. The summed E-state index contributed by atoms with van der Waals surface area (Å²) in [5.74, 6) is -0.289. The van der Waals surface area contributed by atoms with Crippen molar-refractivity contribution in [3.8, 4) is 0 Å². The maximum atomic E-state index is 10.5. The fourth-order valence-corrected chi connectivity index (χ4v) is 1.02. The Bertz CT molecular complexity index is 149. The average Bonchev–Trinajstić information content (AvgIpc) is 1.93. The molecule has 0 N–H and O–H groups in total. The Morgan fingerprint density at radius 3 is 3.00 bits per heavy atom. The highest BCUT2D eigenvalue weighted by Gasteiger charge is 2.20. The summed E-state index contributed by atoms with van der Waals surface area (Å²) in [5.41, 5.74) is 0. The van der Waals surface area contributed by atoms with E-state index >= 15 is 0 Å². The molecule has 0 aromatic rings. The predicted octanol–water partition coefficient (Wildman–Crippen LogP) is 0.533. The monoisotopic (exact) mass is 159 g/mol. The maximum absolute atomic E-state index is 10.5. The van der Waals surface area contributed by atoms with E-state index in [1.165, 1.54) is 6.92 Å². The van der Waals surface area contributed by atoms with Gasteiger partial charge in [-0.1, -0.05) is 0 Å². The third-order valence-electron chi connectivity index (χ3n) is 1.53. The third-order valence-corrected chi connectivity index (χ3v) is 1.53. The van der Waals surface area contributed by atoms with E-state index in [-0.39, 0.29) is 12.2 Å². The lowest BCUT2D eigenvalue weighted by Gasteiger charge is -2.30. The van der Waals surface area contributed by atoms with Crippen molar-refractivity contribution < 1.29 is 14.4 Å². The minimum absolute atomic E-state index is 0.104. The first-order valence-electron chi connectivity index (χ1n) is 3.77. The van der Waals surface area contributed by atoms with E-state index in [1.807, 2.05) is 6.92 Å². The highest BCUT2D eigenvalue weighted by Crippen LogP contribution is 2.09. The lowest BCUT2D eigenvalue weighted by atomic mass is 10.4. The van der Waals surface area contributed by atoms with Crippen LogP contribution in [0.2, 0.25) is 0 Å². The smallest absolute Gasteiger partial charge is 0.322 e. The molecule has 0 radical (unpaired) electrons. The summed E-state index contributed by atoms with van der Waals surface area (Å²) in [4.78, 5) is 15.4. The second-order valence-corrected chi connectivity index (χ2v) is 2.55. The molecule has 4 nitrogen and oxygen atoms in total. The van der Waals surface area contributed by atoms with Crippen LogP contribution in [0.25, 0.3) is 0 Å². The van der Waals surface area contributed by atoms with Gasteiger partial charge in [0.15, 0.2) is 0 Å². The zero-order valence-electron chi connectivity index (χ0n) is 6.87. The van der Waals surface area contributed by atoms with E-state index in [0.717, 1.165) is 19.6 Å². The zero-order chi connectivity index (χ0) is 8.27. The summed E-state index contributed by atoms with van der Waals surface area (Å²) in [6.07, 6.45) is 0.810. The van der Waals surface area contributed by atoms with E-state index < -0.39 is 0 Å². The normalized spacial score (nSPS) is 26.5. The zero-order valence-corrected chi connectivity index (χ0v) is 6.87. The van der Waals surface area contributed by atoms with Crippen molar-refractivity contribution in [1.29, 1.82) is 0 Å². The van der Waals surface area contributed by atoms with Crippen LogP contribution in [0.4, 0.5) is 0 Å². The van der Waals surface area contributed by atoms with Gasteiger partial charge in [0.25, 0.3) is 0 Å². The van der Waals surface area contributed by atoms with Crippen LogP contribution in [0.3, 0.4) is 0 Å². The molecule has 11 heavy (non-hydrogen) atoms. The van der Waals surface area contributed by atoms with E-state index in [1.54, 1.807) is 5.06 Å². The van der Waals surface area contributed by atoms with Gasteiger partial charge in [-0.15, -0.1) is 5.06 Å². The molecule has 1 aliphatic heterocycles. The van der Waals surface area contributed by atoms with Crippen LogP contribution in [0.15, 0.2) is 0 Å². The fourth-order valence-electron chi connectivity index (χ4n) is 1.02. The van der Waals surface area contributed by atoms with Gasteiger partial charge in [-0.25, -0.2) is 0 Å². The van der Waals surface area contributed by atoms with Gasteiger partial charge in [-0.05, 0) is 13.3 Å². The Kier molecular flexibility index (Phi) is 2.84. The highest BCUT2D eigenvalue weighted by molar-refractivity contribution is 5.65. The number of nitrogens with zero attached hydrogens (tertiary/aromatic N) is 1. The van der Waals surface area contributed by atoms with Gasteiger partial charge in [0.1, 0.15) is 6.23 Å². The molecule has 1 atom stereocenters. The molecular weight excluding hydrogens is 146 g/mol. The maximum Gasteiger partial charge on any atom is 0.322 e. The summed E-state index contributed by atoms with van der Waals surface area (Å²) < 4.78 is 5.24. The van der Waals surface area contributed by atoms with E-state index in [0.29, 0.717) is 0 Å². The van der Waals surface area contributed by atoms with Crippen LogP contribution in [0, 0.1) is 0 Å². The topological polar surface area (TPSA) is 38.8 Å². The molecular formula is C7H13NO3. The Morgan fingerprint density at radius 2 is 2.45 bits per heavy atom. The fraction of sp³-hybridized carbons (Fsp3) is 0.857. The number of carbonyl (C=O) groups is 1. The third kappa shape index (κ3) is 2.48. The van der Waals surface area contributed by atoms with Crippen molar-refractivity contribution in [3.05, 3.63) is 0 Å². The van der Waals surface area contributed by atoms with Crippen LogP contribution < -0.4 is 0 Å². The number of rotatable bonds is 1.